The van der Waals surface area contributed by atoms with Crippen molar-refractivity contribution in [2.24, 2.45) is 0 Å². The van der Waals surface area contributed by atoms with E-state index in [4.69, 9.17) is 5.73 Å². The van der Waals surface area contributed by atoms with Crippen molar-refractivity contribution >= 4 is 15.5 Å². The average Bonchev–Trinajstić information content (AvgIpc) is 2.76. The second kappa shape index (κ2) is 5.05. The average molecular weight is 279 g/mol. The number of imidazole rings is 1. The van der Waals surface area contributed by atoms with Gasteiger partial charge in [-0.1, -0.05) is 12.1 Å². The summed E-state index contributed by atoms with van der Waals surface area (Å²) in [7, 11) is -3.38. The summed E-state index contributed by atoms with van der Waals surface area (Å²) in [5.74, 6) is 0.810. The van der Waals surface area contributed by atoms with Crippen molar-refractivity contribution in [2.45, 2.75) is 25.3 Å². The highest BCUT2D eigenvalue weighted by Crippen LogP contribution is 2.22. The minimum atomic E-state index is -3.38. The molecule has 0 saturated heterocycles. The van der Waals surface area contributed by atoms with Gasteiger partial charge in [-0.2, -0.15) is 0 Å². The SMILES string of the molecule is Cc1cccc(S(=O)(=O)CCn2ccnc2C)c1N. The van der Waals surface area contributed by atoms with Gasteiger partial charge in [-0.25, -0.2) is 13.4 Å². The summed E-state index contributed by atoms with van der Waals surface area (Å²) in [6, 6.07) is 5.06. The molecule has 0 bridgehead atoms. The van der Waals surface area contributed by atoms with Gasteiger partial charge in [0.2, 0.25) is 0 Å². The lowest BCUT2D eigenvalue weighted by molar-refractivity contribution is 0.588. The van der Waals surface area contributed by atoms with Crippen LogP contribution in [0, 0.1) is 13.8 Å². The number of nitrogens with zero attached hydrogens (tertiary/aromatic N) is 2. The molecule has 0 aliphatic rings. The molecule has 0 aliphatic heterocycles. The molecule has 2 N–H and O–H groups in total. The topological polar surface area (TPSA) is 78.0 Å². The van der Waals surface area contributed by atoms with Crippen LogP contribution >= 0.6 is 0 Å². The van der Waals surface area contributed by atoms with Crippen molar-refractivity contribution in [3.05, 3.63) is 42.0 Å². The van der Waals surface area contributed by atoms with Crippen LogP contribution in [0.2, 0.25) is 0 Å². The van der Waals surface area contributed by atoms with Gasteiger partial charge in [0.05, 0.1) is 16.3 Å². The Hall–Kier alpha value is -1.82. The number of hydrogen-bond donors (Lipinski definition) is 1. The summed E-state index contributed by atoms with van der Waals surface area (Å²) in [5, 5.41) is 0. The molecule has 1 heterocycles. The van der Waals surface area contributed by atoms with Crippen LogP contribution in [0.5, 0.6) is 0 Å². The minimum Gasteiger partial charge on any atom is -0.397 e. The van der Waals surface area contributed by atoms with Crippen LogP contribution in [-0.4, -0.2) is 23.7 Å². The monoisotopic (exact) mass is 279 g/mol. The van der Waals surface area contributed by atoms with Crippen LogP contribution < -0.4 is 5.73 Å². The molecule has 0 atom stereocenters. The Bertz CT molecular complexity index is 690. The third-order valence-electron chi connectivity index (χ3n) is 3.14. The Balaban J connectivity index is 2.24. The number of para-hydroxylation sites is 1. The van der Waals surface area contributed by atoms with Crippen LogP contribution in [0.25, 0.3) is 0 Å². The van der Waals surface area contributed by atoms with Gasteiger partial charge in [0, 0.05) is 18.9 Å². The van der Waals surface area contributed by atoms with Gasteiger partial charge in [-0.3, -0.25) is 0 Å². The highest BCUT2D eigenvalue weighted by atomic mass is 32.2. The van der Waals surface area contributed by atoms with Crippen molar-refractivity contribution < 1.29 is 8.42 Å². The highest BCUT2D eigenvalue weighted by Gasteiger charge is 2.18. The molecule has 0 unspecified atom stereocenters. The number of aryl methyl sites for hydroxylation is 3. The fourth-order valence-electron chi connectivity index (χ4n) is 1.89. The second-order valence-corrected chi connectivity index (χ2v) is 6.55. The van der Waals surface area contributed by atoms with Gasteiger partial charge in [-0.15, -0.1) is 0 Å². The van der Waals surface area contributed by atoms with Crippen molar-refractivity contribution in [3.63, 3.8) is 0 Å². The maximum atomic E-state index is 12.3. The molecule has 0 fully saturated rings. The molecule has 19 heavy (non-hydrogen) atoms. The number of sulfone groups is 1. The van der Waals surface area contributed by atoms with Gasteiger partial charge in [-0.05, 0) is 25.5 Å². The van der Waals surface area contributed by atoms with Gasteiger partial charge >= 0.3 is 0 Å². The minimum absolute atomic E-state index is 0.0118. The van der Waals surface area contributed by atoms with Crippen LogP contribution in [-0.2, 0) is 16.4 Å². The van der Waals surface area contributed by atoms with E-state index >= 15 is 0 Å². The third-order valence-corrected chi connectivity index (χ3v) is 4.89. The largest absolute Gasteiger partial charge is 0.397 e. The standard InChI is InChI=1S/C13H17N3O2S/c1-10-4-3-5-12(13(10)14)19(17,18)9-8-16-7-6-15-11(16)2/h3-7H,8-9,14H2,1-2H3. The van der Waals surface area contributed by atoms with E-state index in [-0.39, 0.29) is 10.6 Å². The Morgan fingerprint density at radius 3 is 2.68 bits per heavy atom. The predicted molar refractivity (Wildman–Crippen MR) is 74.6 cm³/mol. The Morgan fingerprint density at radius 2 is 2.05 bits per heavy atom. The second-order valence-electron chi connectivity index (χ2n) is 4.47. The first kappa shape index (κ1) is 13.6. The summed E-state index contributed by atoms with van der Waals surface area (Å²) in [5.41, 5.74) is 6.96. The number of anilines is 1. The molecule has 0 spiro atoms. The molecule has 2 aromatic rings. The lowest BCUT2D eigenvalue weighted by atomic mass is 10.2. The quantitative estimate of drug-likeness (QED) is 0.861. The number of benzene rings is 1. The molecule has 1 aromatic heterocycles. The Morgan fingerprint density at radius 1 is 1.32 bits per heavy atom. The van der Waals surface area contributed by atoms with Crippen LogP contribution in [0.15, 0.2) is 35.5 Å². The van der Waals surface area contributed by atoms with Crippen LogP contribution in [0.1, 0.15) is 11.4 Å². The molecular weight excluding hydrogens is 262 g/mol. The summed E-state index contributed by atoms with van der Waals surface area (Å²) in [6.07, 6.45) is 3.42. The number of hydrogen-bond acceptors (Lipinski definition) is 4. The first-order valence-corrected chi connectivity index (χ1v) is 7.62. The fourth-order valence-corrected chi connectivity index (χ4v) is 3.33. The zero-order valence-corrected chi connectivity index (χ0v) is 11.8. The molecule has 2 rings (SSSR count). The Kier molecular flexibility index (Phi) is 3.61. The van der Waals surface area contributed by atoms with Crippen molar-refractivity contribution in [1.29, 1.82) is 0 Å². The maximum absolute atomic E-state index is 12.3. The van der Waals surface area contributed by atoms with Crippen molar-refractivity contribution in [1.82, 2.24) is 9.55 Å². The van der Waals surface area contributed by atoms with Gasteiger partial charge in [0.15, 0.2) is 9.84 Å². The molecule has 0 aliphatic carbocycles. The number of aromatic nitrogens is 2. The lowest BCUT2D eigenvalue weighted by Gasteiger charge is -2.10. The van der Waals surface area contributed by atoms with E-state index in [1.807, 2.05) is 11.5 Å². The molecule has 102 valence electrons. The molecule has 0 radical (unpaired) electrons. The van der Waals surface area contributed by atoms with E-state index in [1.54, 1.807) is 37.5 Å². The third kappa shape index (κ3) is 2.78. The molecule has 0 saturated carbocycles. The normalized spacial score (nSPS) is 11.7. The zero-order chi connectivity index (χ0) is 14.0. The van der Waals surface area contributed by atoms with Crippen molar-refractivity contribution in [2.75, 3.05) is 11.5 Å². The fraction of sp³-hybridized carbons (Fsp3) is 0.308. The summed E-state index contributed by atoms with van der Waals surface area (Å²) in [6.45, 7) is 4.02. The maximum Gasteiger partial charge on any atom is 0.182 e. The number of rotatable bonds is 4. The van der Waals surface area contributed by atoms with E-state index in [9.17, 15) is 8.42 Å². The van der Waals surface area contributed by atoms with Crippen LogP contribution in [0.4, 0.5) is 5.69 Å². The predicted octanol–water partition coefficient (Wildman–Crippen LogP) is 1.56. The molecule has 0 amide bonds. The van der Waals surface area contributed by atoms with Crippen LogP contribution in [0.3, 0.4) is 0 Å². The first-order valence-electron chi connectivity index (χ1n) is 5.97. The molecule has 5 nitrogen and oxygen atoms in total. The highest BCUT2D eigenvalue weighted by molar-refractivity contribution is 7.91. The van der Waals surface area contributed by atoms with Gasteiger partial charge < -0.3 is 10.3 Å². The summed E-state index contributed by atoms with van der Waals surface area (Å²) < 4.78 is 26.4. The van der Waals surface area contributed by atoms with E-state index in [0.29, 0.717) is 12.2 Å². The van der Waals surface area contributed by atoms with E-state index in [2.05, 4.69) is 4.98 Å². The van der Waals surface area contributed by atoms with E-state index in [1.165, 1.54) is 0 Å². The van der Waals surface area contributed by atoms with Crippen molar-refractivity contribution in [3.8, 4) is 0 Å². The Labute approximate surface area is 113 Å². The van der Waals surface area contributed by atoms with E-state index in [0.717, 1.165) is 11.4 Å². The lowest BCUT2D eigenvalue weighted by Crippen LogP contribution is -2.15. The zero-order valence-electron chi connectivity index (χ0n) is 11.0. The smallest absolute Gasteiger partial charge is 0.182 e. The van der Waals surface area contributed by atoms with Gasteiger partial charge in [0.1, 0.15) is 5.82 Å². The molecular formula is C13H17N3O2S. The first-order chi connectivity index (χ1) is 8.92. The molecule has 6 heteroatoms. The molecule has 1 aromatic carbocycles. The summed E-state index contributed by atoms with van der Waals surface area (Å²) in [4.78, 5) is 4.28. The number of nitrogens with two attached hydrogens (primary N) is 1. The van der Waals surface area contributed by atoms with E-state index < -0.39 is 9.84 Å². The number of nitrogen functional groups attached to an aromatic ring is 1. The van der Waals surface area contributed by atoms with Gasteiger partial charge in [0.25, 0.3) is 0 Å². The summed E-state index contributed by atoms with van der Waals surface area (Å²) >= 11 is 0.